The predicted molar refractivity (Wildman–Crippen MR) is 96.0 cm³/mol. The Morgan fingerprint density at radius 1 is 0.926 bits per heavy atom. The van der Waals surface area contributed by atoms with Gasteiger partial charge in [-0.1, -0.05) is 0 Å². The molecular weight excluding hydrogens is 376 g/mol. The van der Waals surface area contributed by atoms with Crippen LogP contribution in [0.1, 0.15) is 5.56 Å². The Bertz CT molecular complexity index is 1080. The minimum atomic E-state index is -4.04. The van der Waals surface area contributed by atoms with Crippen LogP contribution in [0.3, 0.4) is 0 Å². The molecule has 5 nitrogen and oxygen atoms in total. The fourth-order valence-electron chi connectivity index (χ4n) is 2.13. The molecule has 0 radical (unpaired) electrons. The molecule has 0 atom stereocenters. The number of hydrogen-bond donors (Lipinski definition) is 1. The number of nitrogens with zero attached hydrogens (tertiary/aromatic N) is 1. The van der Waals surface area contributed by atoms with Gasteiger partial charge < -0.3 is 9.29 Å². The highest BCUT2D eigenvalue weighted by Crippen LogP contribution is 2.21. The van der Waals surface area contributed by atoms with Gasteiger partial charge in [0.25, 0.3) is 0 Å². The zero-order valence-electron chi connectivity index (χ0n) is 13.7. The van der Waals surface area contributed by atoms with Crippen molar-refractivity contribution in [3.8, 4) is 11.5 Å². The van der Waals surface area contributed by atoms with Crippen LogP contribution in [0.25, 0.3) is 0 Å². The monoisotopic (exact) mass is 389 g/mol. The second kappa shape index (κ2) is 7.55. The quantitative estimate of drug-likeness (QED) is 0.524. The van der Waals surface area contributed by atoms with E-state index in [0.717, 1.165) is 12.1 Å². The maximum absolute atomic E-state index is 13.5. The van der Waals surface area contributed by atoms with Crippen molar-refractivity contribution in [1.82, 2.24) is 0 Å². The maximum atomic E-state index is 13.5. The van der Waals surface area contributed by atoms with Crippen molar-refractivity contribution in [2.45, 2.75) is 4.90 Å². The van der Waals surface area contributed by atoms with Crippen LogP contribution in [-0.2, 0) is 10.1 Å². The van der Waals surface area contributed by atoms with Gasteiger partial charge in [-0.05, 0) is 66.2 Å². The van der Waals surface area contributed by atoms with Gasteiger partial charge in [-0.15, -0.1) is 0 Å². The van der Waals surface area contributed by atoms with Gasteiger partial charge in [0.05, 0.1) is 5.69 Å². The number of rotatable bonds is 5. The van der Waals surface area contributed by atoms with Crippen LogP contribution in [-0.4, -0.2) is 19.7 Å². The van der Waals surface area contributed by atoms with E-state index in [-0.39, 0.29) is 22.1 Å². The lowest BCUT2D eigenvalue weighted by Crippen LogP contribution is -2.09. The van der Waals surface area contributed by atoms with E-state index in [9.17, 15) is 22.3 Å². The van der Waals surface area contributed by atoms with E-state index in [1.807, 2.05) is 0 Å². The number of aromatic hydroxyl groups is 1. The largest absolute Gasteiger partial charge is 0.508 e. The predicted octanol–water partition coefficient (Wildman–Crippen LogP) is 4.19. The number of aliphatic imine (C=N–C) groups is 1. The van der Waals surface area contributed by atoms with Gasteiger partial charge in [-0.3, -0.25) is 4.99 Å². The highest BCUT2D eigenvalue weighted by Gasteiger charge is 2.16. The van der Waals surface area contributed by atoms with Crippen LogP contribution in [0.5, 0.6) is 11.5 Å². The third-order valence-corrected chi connectivity index (χ3v) is 4.74. The summed E-state index contributed by atoms with van der Waals surface area (Å²) in [5.41, 5.74) is 0.541. The number of hydrogen-bond acceptors (Lipinski definition) is 5. The van der Waals surface area contributed by atoms with Crippen molar-refractivity contribution in [3.05, 3.63) is 83.9 Å². The van der Waals surface area contributed by atoms with Crippen molar-refractivity contribution in [3.63, 3.8) is 0 Å². The fraction of sp³-hybridized carbons (Fsp3) is 0. The van der Waals surface area contributed by atoms with Gasteiger partial charge in [0.2, 0.25) is 0 Å². The average molecular weight is 389 g/mol. The molecule has 0 aliphatic rings. The van der Waals surface area contributed by atoms with E-state index >= 15 is 0 Å². The molecule has 1 N–H and O–H groups in total. The van der Waals surface area contributed by atoms with Crippen LogP contribution in [0.15, 0.2) is 76.6 Å². The summed E-state index contributed by atoms with van der Waals surface area (Å²) in [6, 6.07) is 13.9. The van der Waals surface area contributed by atoms with E-state index in [4.69, 9.17) is 4.18 Å². The summed E-state index contributed by atoms with van der Waals surface area (Å²) in [5.74, 6) is -1.46. The smallest absolute Gasteiger partial charge is 0.339 e. The number of phenols is 1. The SMILES string of the molecule is O=S(=O)(Oc1ccc(C=Nc2ccc(F)cc2F)cc1)c1ccc(O)cc1. The first-order valence-corrected chi connectivity index (χ1v) is 9.07. The van der Waals surface area contributed by atoms with Crippen LogP contribution in [0.2, 0.25) is 0 Å². The van der Waals surface area contributed by atoms with Crippen molar-refractivity contribution in [2.24, 2.45) is 4.99 Å². The third-order valence-electron chi connectivity index (χ3n) is 3.47. The molecule has 138 valence electrons. The first-order valence-electron chi connectivity index (χ1n) is 7.66. The molecule has 0 amide bonds. The molecule has 0 saturated carbocycles. The zero-order valence-corrected chi connectivity index (χ0v) is 14.5. The minimum absolute atomic E-state index is 0.0216. The van der Waals surface area contributed by atoms with E-state index < -0.39 is 21.8 Å². The molecule has 0 heterocycles. The molecule has 3 aromatic rings. The summed E-state index contributed by atoms with van der Waals surface area (Å²) < 4.78 is 55.8. The van der Waals surface area contributed by atoms with Crippen molar-refractivity contribution < 1.29 is 26.5 Å². The average Bonchev–Trinajstić information content (AvgIpc) is 2.62. The Kier molecular flexibility index (Phi) is 5.18. The molecule has 3 rings (SSSR count). The molecule has 0 aromatic heterocycles. The van der Waals surface area contributed by atoms with Gasteiger partial charge in [-0.25, -0.2) is 8.78 Å². The first kappa shape index (κ1) is 18.5. The van der Waals surface area contributed by atoms with Crippen LogP contribution < -0.4 is 4.18 Å². The Morgan fingerprint density at radius 2 is 1.59 bits per heavy atom. The van der Waals surface area contributed by atoms with Crippen molar-refractivity contribution >= 4 is 22.0 Å². The molecule has 8 heteroatoms. The van der Waals surface area contributed by atoms with E-state index in [1.165, 1.54) is 60.8 Å². The van der Waals surface area contributed by atoms with Gasteiger partial charge in [0, 0.05) is 12.3 Å². The summed E-state index contributed by atoms with van der Waals surface area (Å²) in [6.07, 6.45) is 1.36. The molecular formula is C19H13F2NO4S. The zero-order chi connectivity index (χ0) is 19.4. The molecule has 0 aliphatic carbocycles. The highest BCUT2D eigenvalue weighted by molar-refractivity contribution is 7.87. The second-order valence-electron chi connectivity index (χ2n) is 5.45. The van der Waals surface area contributed by atoms with E-state index in [0.29, 0.717) is 5.56 Å². The van der Waals surface area contributed by atoms with Gasteiger partial charge in [0.1, 0.15) is 22.2 Å². The lowest BCUT2D eigenvalue weighted by Gasteiger charge is -2.07. The summed E-state index contributed by atoms with van der Waals surface area (Å²) in [7, 11) is -4.04. The Labute approximate surface area is 154 Å². The summed E-state index contributed by atoms with van der Waals surface area (Å²) in [6.45, 7) is 0. The standard InChI is InChI=1S/C19H13F2NO4S/c20-14-3-10-19(18(21)11-14)22-12-13-1-6-16(7-2-13)26-27(24,25)17-8-4-15(23)5-9-17/h1-12,23H. The minimum Gasteiger partial charge on any atom is -0.508 e. The molecule has 0 aliphatic heterocycles. The number of halogens is 2. The molecule has 0 saturated heterocycles. The van der Waals surface area contributed by atoms with Gasteiger partial charge in [0.15, 0.2) is 5.82 Å². The Balaban J connectivity index is 1.73. The lowest BCUT2D eigenvalue weighted by atomic mass is 10.2. The van der Waals surface area contributed by atoms with Crippen LogP contribution in [0.4, 0.5) is 14.5 Å². The second-order valence-corrected chi connectivity index (χ2v) is 7.00. The van der Waals surface area contributed by atoms with Crippen molar-refractivity contribution in [1.29, 1.82) is 0 Å². The summed E-state index contributed by atoms with van der Waals surface area (Å²) >= 11 is 0. The Morgan fingerprint density at radius 3 is 2.22 bits per heavy atom. The van der Waals surface area contributed by atoms with Crippen LogP contribution >= 0.6 is 0 Å². The topological polar surface area (TPSA) is 76.0 Å². The van der Waals surface area contributed by atoms with Crippen molar-refractivity contribution in [2.75, 3.05) is 0 Å². The molecule has 0 spiro atoms. The summed E-state index contributed by atoms with van der Waals surface area (Å²) in [4.78, 5) is 3.83. The van der Waals surface area contributed by atoms with Crippen LogP contribution in [0, 0.1) is 11.6 Å². The van der Waals surface area contributed by atoms with E-state index in [1.54, 1.807) is 0 Å². The molecule has 0 bridgehead atoms. The number of phenolic OH excluding ortho intramolecular Hbond substituents is 1. The lowest BCUT2D eigenvalue weighted by molar-refractivity contribution is 0.473. The fourth-order valence-corrected chi connectivity index (χ4v) is 3.06. The van der Waals surface area contributed by atoms with E-state index in [2.05, 4.69) is 4.99 Å². The third kappa shape index (κ3) is 4.68. The molecule has 3 aromatic carbocycles. The van der Waals surface area contributed by atoms with Gasteiger partial charge in [-0.2, -0.15) is 8.42 Å². The molecule has 27 heavy (non-hydrogen) atoms. The maximum Gasteiger partial charge on any atom is 0.339 e. The molecule has 0 unspecified atom stereocenters. The van der Waals surface area contributed by atoms with Gasteiger partial charge >= 0.3 is 10.1 Å². The normalized spacial score (nSPS) is 11.6. The molecule has 0 fully saturated rings. The number of benzene rings is 3. The summed E-state index contributed by atoms with van der Waals surface area (Å²) in [5, 5.41) is 9.22. The Hall–Kier alpha value is -3.26. The first-order chi connectivity index (χ1) is 12.8. The highest BCUT2D eigenvalue weighted by atomic mass is 32.2.